The lowest BCUT2D eigenvalue weighted by atomic mass is 9.46. The zero-order valence-corrected chi connectivity index (χ0v) is 34.2. The van der Waals surface area contributed by atoms with E-state index in [1.54, 1.807) is 6.08 Å². The molecule has 3 saturated carbocycles. The number of ether oxygens (including phenoxy) is 6. The Balaban J connectivity index is 1.23. The summed E-state index contributed by atoms with van der Waals surface area (Å²) in [5.41, 5.74) is -3.98. The molecule has 8 aliphatic rings. The van der Waals surface area contributed by atoms with Crippen molar-refractivity contribution in [3.05, 3.63) is 57.7 Å². The van der Waals surface area contributed by atoms with E-state index in [9.17, 15) is 35.1 Å². The van der Waals surface area contributed by atoms with Gasteiger partial charge in [-0.15, -0.1) is 0 Å². The van der Waals surface area contributed by atoms with Crippen LogP contribution in [0.2, 0.25) is 0 Å². The summed E-state index contributed by atoms with van der Waals surface area (Å²) < 4.78 is 38.2. The third-order valence-corrected chi connectivity index (χ3v) is 13.4. The van der Waals surface area contributed by atoms with Gasteiger partial charge in [-0.3, -0.25) is 9.59 Å². The summed E-state index contributed by atoms with van der Waals surface area (Å²) >= 11 is 0. The van der Waals surface area contributed by atoms with Crippen LogP contribution in [0.4, 0.5) is 0 Å². The number of rotatable bonds is 10. The lowest BCUT2D eigenvalue weighted by molar-refractivity contribution is -0.291. The number of aliphatic hydroxyl groups excluding tert-OH is 4. The molecule has 6 fully saturated rings. The van der Waals surface area contributed by atoms with Crippen molar-refractivity contribution < 1.29 is 68.3 Å². The average molecular weight is 807 g/mol. The van der Waals surface area contributed by atoms with Crippen molar-refractivity contribution in [2.75, 3.05) is 6.61 Å². The number of hydrogen-bond donors (Lipinski definition) is 5. The van der Waals surface area contributed by atoms with Crippen molar-refractivity contribution in [2.45, 2.75) is 152 Å². The molecule has 14 heteroatoms. The molecule has 3 aliphatic carbocycles. The highest BCUT2D eigenvalue weighted by molar-refractivity contribution is 6.16. The van der Waals surface area contributed by atoms with Crippen LogP contribution in [0.15, 0.2) is 41.0 Å². The molecule has 4 bridgehead atoms. The number of benzene rings is 1. The maximum Gasteiger partial charge on any atom is 0.335 e. The second kappa shape index (κ2) is 13.6. The number of ketones is 2. The molecule has 2 spiro atoms. The van der Waals surface area contributed by atoms with E-state index in [0.717, 1.165) is 12.0 Å². The summed E-state index contributed by atoms with van der Waals surface area (Å²) in [6.45, 7) is 14.4. The van der Waals surface area contributed by atoms with Crippen LogP contribution in [0.25, 0.3) is 6.08 Å². The highest BCUT2D eigenvalue weighted by atomic mass is 16.7. The quantitative estimate of drug-likeness (QED) is 0.0989. The summed E-state index contributed by atoms with van der Waals surface area (Å²) in [6.07, 6.45) is 2.00. The summed E-state index contributed by atoms with van der Waals surface area (Å²) in [5, 5.41) is 52.5. The fourth-order valence-corrected chi connectivity index (χ4v) is 10.5. The van der Waals surface area contributed by atoms with Gasteiger partial charge in [0.25, 0.3) is 0 Å². The molecule has 1 aromatic rings. The molecule has 5 heterocycles. The van der Waals surface area contributed by atoms with Crippen LogP contribution in [-0.4, -0.2) is 114 Å². The van der Waals surface area contributed by atoms with Gasteiger partial charge in [-0.05, 0) is 93.2 Å². The number of esters is 1. The highest BCUT2D eigenvalue weighted by Gasteiger charge is 2.97. The number of fused-ring (bicyclic) bond motifs is 2. The first-order chi connectivity index (χ1) is 27.2. The Kier molecular flexibility index (Phi) is 9.56. The molecule has 9 rings (SSSR count). The third-order valence-electron chi connectivity index (χ3n) is 13.4. The molecule has 5 aliphatic heterocycles. The summed E-state index contributed by atoms with van der Waals surface area (Å²) in [6, 6.07) is 0. The van der Waals surface area contributed by atoms with Gasteiger partial charge in [0.05, 0.1) is 23.7 Å². The van der Waals surface area contributed by atoms with Crippen LogP contribution in [0.5, 0.6) is 17.2 Å². The van der Waals surface area contributed by atoms with Gasteiger partial charge in [-0.25, -0.2) is 4.79 Å². The number of carbonyl (C=O) groups is 3. The van der Waals surface area contributed by atoms with Crippen molar-refractivity contribution in [1.29, 1.82) is 0 Å². The zero-order valence-electron chi connectivity index (χ0n) is 34.2. The van der Waals surface area contributed by atoms with Crippen molar-refractivity contribution >= 4 is 23.6 Å². The van der Waals surface area contributed by atoms with Gasteiger partial charge in [0, 0.05) is 23.5 Å². The Bertz CT molecular complexity index is 2090. The highest BCUT2D eigenvalue weighted by Crippen LogP contribution is 2.77. The van der Waals surface area contributed by atoms with Crippen molar-refractivity contribution in [3.63, 3.8) is 0 Å². The van der Waals surface area contributed by atoms with Crippen molar-refractivity contribution in [3.8, 4) is 17.2 Å². The Labute approximate surface area is 337 Å². The van der Waals surface area contributed by atoms with E-state index >= 15 is 4.79 Å². The lowest BCUT2D eigenvalue weighted by Gasteiger charge is -2.58. The number of aromatic hydroxyl groups is 1. The molecule has 0 radical (unpaired) electrons. The largest absolute Gasteiger partial charge is 0.506 e. The van der Waals surface area contributed by atoms with Crippen LogP contribution in [0, 0.1) is 11.8 Å². The molecule has 2 unspecified atom stereocenters. The van der Waals surface area contributed by atoms with Gasteiger partial charge in [0.15, 0.2) is 17.0 Å². The van der Waals surface area contributed by atoms with E-state index in [2.05, 4.69) is 6.08 Å². The van der Waals surface area contributed by atoms with Gasteiger partial charge in [0.2, 0.25) is 17.7 Å². The number of phenolic OH excluding ortho intramolecular Hbond substituents is 1. The van der Waals surface area contributed by atoms with Crippen LogP contribution < -0.4 is 9.47 Å². The molecule has 58 heavy (non-hydrogen) atoms. The van der Waals surface area contributed by atoms with Crippen LogP contribution in [0.1, 0.15) is 103 Å². The molecule has 0 aromatic heterocycles. The van der Waals surface area contributed by atoms with E-state index in [-0.39, 0.29) is 41.3 Å². The second-order valence-electron chi connectivity index (χ2n) is 18.3. The first kappa shape index (κ1) is 40.9. The van der Waals surface area contributed by atoms with Gasteiger partial charge in [-0.2, -0.15) is 0 Å². The lowest BCUT2D eigenvalue weighted by Crippen LogP contribution is -2.80. The Morgan fingerprint density at radius 2 is 1.66 bits per heavy atom. The predicted octanol–water partition coefficient (Wildman–Crippen LogP) is 3.71. The van der Waals surface area contributed by atoms with E-state index < -0.39 is 95.0 Å². The first-order valence-corrected chi connectivity index (χ1v) is 20.1. The zero-order chi connectivity index (χ0) is 42.1. The second-order valence-corrected chi connectivity index (χ2v) is 18.3. The SMILES string of the molecule is CC(C)=CCC[C@]1(C)C=Cc2c(O)c3c(c(CC=C(C)C)c2O1)O[C@]12[C@H]4C[C@H](C(=O)[C@]1(C/C=C(/C)C(=O)O[C@@H]1O[C@H](CO)[C@@H](O)[C@H](O)[C@H]1O)OC4(C)C)C1OC12C3=O. The Hall–Kier alpha value is -3.89. The molecule has 314 valence electrons. The first-order valence-electron chi connectivity index (χ1n) is 20.1. The van der Waals surface area contributed by atoms with Crippen LogP contribution in [0.3, 0.4) is 0 Å². The third kappa shape index (κ3) is 5.51. The van der Waals surface area contributed by atoms with Crippen LogP contribution >= 0.6 is 0 Å². The van der Waals surface area contributed by atoms with E-state index in [1.807, 2.05) is 60.6 Å². The molecule has 5 N–H and O–H groups in total. The van der Waals surface area contributed by atoms with Gasteiger partial charge in [-0.1, -0.05) is 29.4 Å². The number of hydrogen-bond acceptors (Lipinski definition) is 14. The summed E-state index contributed by atoms with van der Waals surface area (Å²) in [7, 11) is 0. The number of allylic oxidation sites excluding steroid dienone is 4. The molecule has 14 nitrogen and oxygen atoms in total. The number of carbonyl (C=O) groups excluding carboxylic acids is 3. The molecule has 0 amide bonds. The Morgan fingerprint density at radius 3 is 2.33 bits per heavy atom. The average Bonchev–Trinajstić information content (AvgIpc) is 3.90. The number of Topliss-reactive ketones (excluding diaryl/α,β-unsaturated/α-hetero) is 2. The maximum atomic E-state index is 15.3. The summed E-state index contributed by atoms with van der Waals surface area (Å²) in [5.74, 6) is -2.88. The van der Waals surface area contributed by atoms with E-state index in [4.69, 9.17) is 28.4 Å². The number of epoxide rings is 1. The number of phenols is 1. The molecular weight excluding hydrogens is 752 g/mol. The molecular formula is C44H54O14. The smallest absolute Gasteiger partial charge is 0.335 e. The topological polar surface area (TPSA) is 211 Å². The molecule has 12 atom stereocenters. The molecule has 1 aromatic carbocycles. The minimum Gasteiger partial charge on any atom is -0.506 e. The molecule has 3 saturated heterocycles. The van der Waals surface area contributed by atoms with Crippen molar-refractivity contribution in [1.82, 2.24) is 0 Å². The van der Waals surface area contributed by atoms with E-state index in [1.165, 1.54) is 18.6 Å². The van der Waals surface area contributed by atoms with Gasteiger partial charge >= 0.3 is 5.97 Å². The summed E-state index contributed by atoms with van der Waals surface area (Å²) in [4.78, 5) is 43.7. The van der Waals surface area contributed by atoms with Crippen molar-refractivity contribution in [2.24, 2.45) is 11.8 Å². The standard InChI is InChI=1S/C44H54O14/c1-20(2)10-9-15-41(8)16-14-23-29(46)28-34(24(33(23)55-41)12-11-21(3)4)56-44-27-18-25(37-43(44,57-37)36(28)51)35(50)42(44,58-40(27,6)7)17-13-22(5)38(52)54-39-32(49)31(48)30(47)26(19-45)53-39/h10-11,13-14,16,25-27,30-32,37,39,45-49H,9,12,15,17-19H2,1-8H3/b22-13-/t25-,26-,27+,30-,31+,32-,37?,39+,41-,42+,43?,44-/m1/s1. The normalized spacial score (nSPS) is 39.7. The minimum atomic E-state index is -1.84. The monoisotopic (exact) mass is 806 g/mol. The minimum absolute atomic E-state index is 0.0183. The fraction of sp³-hybridized carbons (Fsp3) is 0.614. The predicted molar refractivity (Wildman–Crippen MR) is 206 cm³/mol. The number of aliphatic hydroxyl groups is 4. The van der Waals surface area contributed by atoms with Gasteiger partial charge < -0.3 is 54.0 Å². The fourth-order valence-electron chi connectivity index (χ4n) is 10.5. The van der Waals surface area contributed by atoms with Crippen LogP contribution in [-0.2, 0) is 35.0 Å². The Morgan fingerprint density at radius 1 is 0.948 bits per heavy atom. The maximum absolute atomic E-state index is 15.3. The van der Waals surface area contributed by atoms with Gasteiger partial charge in [0.1, 0.15) is 58.9 Å². The van der Waals surface area contributed by atoms with E-state index in [0.29, 0.717) is 29.7 Å².